The zero-order valence-electron chi connectivity index (χ0n) is 8.93. The lowest BCUT2D eigenvalue weighted by atomic mass is 10.3. The summed E-state index contributed by atoms with van der Waals surface area (Å²) in [6, 6.07) is 3.75. The Morgan fingerprint density at radius 3 is 2.94 bits per heavy atom. The molecule has 0 aliphatic carbocycles. The van der Waals surface area contributed by atoms with E-state index in [1.165, 1.54) is 18.4 Å². The summed E-state index contributed by atoms with van der Waals surface area (Å²) in [5, 5.41) is 0.783. The standard InChI is InChI=1S/C11H10N2O2S/c1-7-9(11(14)15-2)13-10(16-7)8-4-3-5-12-6-8/h3-6H,1-2H3. The van der Waals surface area contributed by atoms with Gasteiger partial charge < -0.3 is 4.74 Å². The Kier molecular flexibility index (Phi) is 2.96. The Bertz CT molecular complexity index is 508. The van der Waals surface area contributed by atoms with E-state index in [2.05, 4.69) is 14.7 Å². The van der Waals surface area contributed by atoms with Crippen LogP contribution in [0.3, 0.4) is 0 Å². The predicted octanol–water partition coefficient (Wildman–Crippen LogP) is 2.30. The average Bonchev–Trinajstić information content (AvgIpc) is 2.71. The molecule has 4 nitrogen and oxygen atoms in total. The Morgan fingerprint density at radius 2 is 2.31 bits per heavy atom. The van der Waals surface area contributed by atoms with Crippen molar-refractivity contribution in [3.63, 3.8) is 0 Å². The minimum Gasteiger partial charge on any atom is -0.464 e. The highest BCUT2D eigenvalue weighted by Gasteiger charge is 2.16. The monoisotopic (exact) mass is 234 g/mol. The van der Waals surface area contributed by atoms with Crippen LogP contribution < -0.4 is 0 Å². The number of aryl methyl sites for hydroxylation is 1. The lowest BCUT2D eigenvalue weighted by Gasteiger charge is -1.94. The highest BCUT2D eigenvalue weighted by molar-refractivity contribution is 7.15. The lowest BCUT2D eigenvalue weighted by molar-refractivity contribution is 0.0594. The number of ether oxygens (including phenoxy) is 1. The van der Waals surface area contributed by atoms with Gasteiger partial charge in [0.25, 0.3) is 0 Å². The molecule has 82 valence electrons. The Hall–Kier alpha value is -1.75. The summed E-state index contributed by atoms with van der Waals surface area (Å²) in [4.78, 5) is 20.5. The fourth-order valence-electron chi connectivity index (χ4n) is 1.30. The minimum absolute atomic E-state index is 0.381. The Morgan fingerprint density at radius 1 is 1.50 bits per heavy atom. The first kappa shape index (κ1) is 10.8. The third-order valence-corrected chi connectivity index (χ3v) is 3.10. The van der Waals surface area contributed by atoms with Gasteiger partial charge in [-0.2, -0.15) is 0 Å². The molecule has 0 atom stereocenters. The number of nitrogens with zero attached hydrogens (tertiary/aromatic N) is 2. The molecule has 0 aliphatic rings. The first-order valence-electron chi connectivity index (χ1n) is 4.68. The van der Waals surface area contributed by atoms with Crippen LogP contribution >= 0.6 is 11.3 Å². The van der Waals surface area contributed by atoms with E-state index in [9.17, 15) is 4.79 Å². The van der Waals surface area contributed by atoms with E-state index in [0.717, 1.165) is 15.4 Å². The zero-order chi connectivity index (χ0) is 11.5. The molecule has 16 heavy (non-hydrogen) atoms. The van der Waals surface area contributed by atoms with Crippen molar-refractivity contribution in [2.45, 2.75) is 6.92 Å². The Labute approximate surface area is 96.9 Å². The fraction of sp³-hybridized carbons (Fsp3) is 0.182. The molecule has 0 saturated heterocycles. The summed E-state index contributed by atoms with van der Waals surface area (Å²) in [6.45, 7) is 1.85. The van der Waals surface area contributed by atoms with Crippen molar-refractivity contribution >= 4 is 17.3 Å². The van der Waals surface area contributed by atoms with Gasteiger partial charge in [0.2, 0.25) is 0 Å². The molecule has 2 aromatic rings. The SMILES string of the molecule is COC(=O)c1nc(-c2cccnc2)sc1C. The molecule has 0 unspecified atom stereocenters. The van der Waals surface area contributed by atoms with Gasteiger partial charge in [-0.05, 0) is 19.1 Å². The van der Waals surface area contributed by atoms with Crippen molar-refractivity contribution in [3.8, 4) is 10.6 Å². The van der Waals surface area contributed by atoms with Crippen LogP contribution in [0.2, 0.25) is 0 Å². The van der Waals surface area contributed by atoms with Crippen molar-refractivity contribution in [2.24, 2.45) is 0 Å². The normalized spacial score (nSPS) is 10.1. The minimum atomic E-state index is -0.399. The molecule has 5 heteroatoms. The average molecular weight is 234 g/mol. The number of aromatic nitrogens is 2. The number of carbonyl (C=O) groups excluding carboxylic acids is 1. The first-order valence-corrected chi connectivity index (χ1v) is 5.50. The van der Waals surface area contributed by atoms with Crippen molar-refractivity contribution in [3.05, 3.63) is 35.1 Å². The quantitative estimate of drug-likeness (QED) is 0.748. The van der Waals surface area contributed by atoms with Gasteiger partial charge in [-0.3, -0.25) is 4.98 Å². The molecule has 0 aliphatic heterocycles. The van der Waals surface area contributed by atoms with Crippen LogP contribution in [0, 0.1) is 6.92 Å². The second kappa shape index (κ2) is 4.40. The van der Waals surface area contributed by atoms with Crippen LogP contribution in [0.1, 0.15) is 15.4 Å². The van der Waals surface area contributed by atoms with Crippen LogP contribution in [-0.2, 0) is 4.74 Å². The highest BCUT2D eigenvalue weighted by atomic mass is 32.1. The van der Waals surface area contributed by atoms with Crippen molar-refractivity contribution in [1.82, 2.24) is 9.97 Å². The van der Waals surface area contributed by atoms with Gasteiger partial charge in [0.15, 0.2) is 5.69 Å². The molecule has 0 amide bonds. The number of hydrogen-bond acceptors (Lipinski definition) is 5. The molecular weight excluding hydrogens is 224 g/mol. The van der Waals surface area contributed by atoms with E-state index in [-0.39, 0.29) is 0 Å². The van der Waals surface area contributed by atoms with Crippen LogP contribution in [0.25, 0.3) is 10.6 Å². The van der Waals surface area contributed by atoms with Gasteiger partial charge in [0.05, 0.1) is 7.11 Å². The Balaban J connectivity index is 2.42. The highest BCUT2D eigenvalue weighted by Crippen LogP contribution is 2.27. The summed E-state index contributed by atoms with van der Waals surface area (Å²) in [6.07, 6.45) is 3.42. The summed E-state index contributed by atoms with van der Waals surface area (Å²) >= 11 is 1.46. The molecule has 2 aromatic heterocycles. The van der Waals surface area contributed by atoms with E-state index < -0.39 is 5.97 Å². The van der Waals surface area contributed by atoms with E-state index >= 15 is 0 Å². The maximum absolute atomic E-state index is 11.4. The summed E-state index contributed by atoms with van der Waals surface area (Å²) < 4.78 is 4.66. The zero-order valence-corrected chi connectivity index (χ0v) is 9.75. The van der Waals surface area contributed by atoms with Gasteiger partial charge in [-0.25, -0.2) is 9.78 Å². The van der Waals surface area contributed by atoms with Gasteiger partial charge in [-0.15, -0.1) is 11.3 Å². The van der Waals surface area contributed by atoms with Gasteiger partial charge in [0.1, 0.15) is 5.01 Å². The fourth-order valence-corrected chi connectivity index (χ4v) is 2.19. The first-order chi connectivity index (χ1) is 7.72. The van der Waals surface area contributed by atoms with E-state index in [1.807, 2.05) is 19.1 Å². The number of rotatable bonds is 2. The van der Waals surface area contributed by atoms with Crippen molar-refractivity contribution in [1.29, 1.82) is 0 Å². The largest absolute Gasteiger partial charge is 0.464 e. The number of carbonyl (C=O) groups is 1. The third kappa shape index (κ3) is 1.94. The molecule has 0 aromatic carbocycles. The smallest absolute Gasteiger partial charge is 0.357 e. The molecule has 0 fully saturated rings. The van der Waals surface area contributed by atoms with Crippen LogP contribution in [0.15, 0.2) is 24.5 Å². The molecule has 0 saturated carbocycles. The molecular formula is C11H10N2O2S. The van der Waals surface area contributed by atoms with Gasteiger partial charge >= 0.3 is 5.97 Å². The van der Waals surface area contributed by atoms with Crippen LogP contribution in [0.4, 0.5) is 0 Å². The van der Waals surface area contributed by atoms with E-state index in [1.54, 1.807) is 12.4 Å². The third-order valence-electron chi connectivity index (χ3n) is 2.08. The second-order valence-corrected chi connectivity index (χ2v) is 4.36. The lowest BCUT2D eigenvalue weighted by Crippen LogP contribution is -2.03. The molecule has 0 radical (unpaired) electrons. The van der Waals surface area contributed by atoms with Crippen molar-refractivity contribution < 1.29 is 9.53 Å². The molecule has 2 rings (SSSR count). The predicted molar refractivity (Wildman–Crippen MR) is 61.4 cm³/mol. The van der Waals surface area contributed by atoms with Gasteiger partial charge in [0, 0.05) is 22.8 Å². The molecule has 0 bridgehead atoms. The number of thiazole rings is 1. The van der Waals surface area contributed by atoms with E-state index in [0.29, 0.717) is 5.69 Å². The maximum atomic E-state index is 11.4. The molecule has 0 N–H and O–H groups in total. The van der Waals surface area contributed by atoms with Crippen molar-refractivity contribution in [2.75, 3.05) is 7.11 Å². The van der Waals surface area contributed by atoms with Gasteiger partial charge in [-0.1, -0.05) is 0 Å². The number of pyridine rings is 1. The second-order valence-electron chi connectivity index (χ2n) is 3.16. The van der Waals surface area contributed by atoms with Crippen LogP contribution in [0.5, 0.6) is 0 Å². The summed E-state index contributed by atoms with van der Waals surface area (Å²) in [5.41, 5.74) is 1.29. The summed E-state index contributed by atoms with van der Waals surface area (Å²) in [5.74, 6) is -0.399. The number of esters is 1. The number of hydrogen-bond donors (Lipinski definition) is 0. The summed E-state index contributed by atoms with van der Waals surface area (Å²) in [7, 11) is 1.35. The molecule has 2 heterocycles. The van der Waals surface area contributed by atoms with Crippen LogP contribution in [-0.4, -0.2) is 23.0 Å². The number of methoxy groups -OCH3 is 1. The topological polar surface area (TPSA) is 52.1 Å². The molecule has 0 spiro atoms. The maximum Gasteiger partial charge on any atom is 0.357 e. The van der Waals surface area contributed by atoms with E-state index in [4.69, 9.17) is 0 Å².